The molecule has 0 aliphatic carbocycles. The standard InChI is InChI=1S/C10H14N2O/c1-7(10(12)13)6-8-4-2-3-5-9(8)11/h2-5,7H,6,11H2,1H3,(H2,12,13). The number of para-hydroxylation sites is 1. The molecule has 1 rings (SSSR count). The lowest BCUT2D eigenvalue weighted by atomic mass is 9.99. The summed E-state index contributed by atoms with van der Waals surface area (Å²) in [7, 11) is 0. The number of hydrogen-bond acceptors (Lipinski definition) is 2. The number of nitrogens with two attached hydrogens (primary N) is 2. The molecule has 0 saturated heterocycles. The van der Waals surface area contributed by atoms with Crippen molar-refractivity contribution in [1.29, 1.82) is 0 Å². The van der Waals surface area contributed by atoms with Gasteiger partial charge in [-0.05, 0) is 18.1 Å². The van der Waals surface area contributed by atoms with Gasteiger partial charge in [0.25, 0.3) is 0 Å². The normalized spacial score (nSPS) is 12.4. The van der Waals surface area contributed by atoms with Crippen LogP contribution in [-0.2, 0) is 11.2 Å². The molecule has 0 radical (unpaired) electrons. The molecule has 4 N–H and O–H groups in total. The minimum Gasteiger partial charge on any atom is -0.399 e. The molecule has 0 saturated carbocycles. The fourth-order valence-electron chi connectivity index (χ4n) is 1.15. The second kappa shape index (κ2) is 3.94. The van der Waals surface area contributed by atoms with E-state index in [9.17, 15) is 4.79 Å². The van der Waals surface area contributed by atoms with Gasteiger partial charge >= 0.3 is 0 Å². The second-order valence-electron chi connectivity index (χ2n) is 3.21. The van der Waals surface area contributed by atoms with E-state index in [0.717, 1.165) is 11.3 Å². The molecule has 0 bridgehead atoms. The van der Waals surface area contributed by atoms with Crippen LogP contribution in [0.5, 0.6) is 0 Å². The van der Waals surface area contributed by atoms with Gasteiger partial charge in [0, 0.05) is 11.6 Å². The van der Waals surface area contributed by atoms with Crippen molar-refractivity contribution in [2.45, 2.75) is 13.3 Å². The molecule has 0 aliphatic heterocycles. The lowest BCUT2D eigenvalue weighted by Gasteiger charge is -2.08. The molecule has 1 unspecified atom stereocenters. The smallest absolute Gasteiger partial charge is 0.220 e. The number of anilines is 1. The number of rotatable bonds is 3. The Kier molecular flexibility index (Phi) is 2.90. The van der Waals surface area contributed by atoms with E-state index >= 15 is 0 Å². The van der Waals surface area contributed by atoms with Gasteiger partial charge in [-0.25, -0.2) is 0 Å². The van der Waals surface area contributed by atoms with Crippen molar-refractivity contribution < 1.29 is 4.79 Å². The Hall–Kier alpha value is -1.51. The highest BCUT2D eigenvalue weighted by atomic mass is 16.1. The lowest BCUT2D eigenvalue weighted by Crippen LogP contribution is -2.22. The number of carbonyl (C=O) groups is 1. The van der Waals surface area contributed by atoms with Crippen molar-refractivity contribution in [2.75, 3.05) is 5.73 Å². The summed E-state index contributed by atoms with van der Waals surface area (Å²) in [6, 6.07) is 7.50. The number of hydrogen-bond donors (Lipinski definition) is 2. The summed E-state index contributed by atoms with van der Waals surface area (Å²) < 4.78 is 0. The van der Waals surface area contributed by atoms with Crippen LogP contribution in [0.25, 0.3) is 0 Å². The first-order valence-corrected chi connectivity index (χ1v) is 4.24. The Balaban J connectivity index is 2.74. The Bertz CT molecular complexity index is 310. The molecular weight excluding hydrogens is 164 g/mol. The zero-order valence-corrected chi connectivity index (χ0v) is 7.66. The summed E-state index contributed by atoms with van der Waals surface area (Å²) in [6.07, 6.45) is 0.613. The third kappa shape index (κ3) is 2.47. The van der Waals surface area contributed by atoms with E-state index in [2.05, 4.69) is 0 Å². The van der Waals surface area contributed by atoms with Crippen molar-refractivity contribution in [2.24, 2.45) is 11.7 Å². The summed E-state index contributed by atoms with van der Waals surface area (Å²) in [5.41, 5.74) is 12.6. The van der Waals surface area contributed by atoms with Gasteiger partial charge in [0.05, 0.1) is 0 Å². The van der Waals surface area contributed by atoms with Crippen LogP contribution in [0.1, 0.15) is 12.5 Å². The molecule has 0 fully saturated rings. The molecule has 1 aromatic rings. The number of amides is 1. The first kappa shape index (κ1) is 9.58. The first-order chi connectivity index (χ1) is 6.11. The van der Waals surface area contributed by atoms with Crippen molar-refractivity contribution in [3.05, 3.63) is 29.8 Å². The predicted octanol–water partition coefficient (Wildman–Crippen LogP) is 0.933. The monoisotopic (exact) mass is 178 g/mol. The largest absolute Gasteiger partial charge is 0.399 e. The number of nitrogen functional groups attached to an aromatic ring is 1. The van der Waals surface area contributed by atoms with Gasteiger partial charge in [0.1, 0.15) is 0 Å². The van der Waals surface area contributed by atoms with Gasteiger partial charge in [-0.3, -0.25) is 4.79 Å². The van der Waals surface area contributed by atoms with Gasteiger partial charge in [-0.2, -0.15) is 0 Å². The fourth-order valence-corrected chi connectivity index (χ4v) is 1.15. The van der Waals surface area contributed by atoms with Crippen LogP contribution in [0.4, 0.5) is 5.69 Å². The maximum atomic E-state index is 10.8. The van der Waals surface area contributed by atoms with Crippen molar-refractivity contribution in [3.63, 3.8) is 0 Å². The highest BCUT2D eigenvalue weighted by molar-refractivity contribution is 5.76. The van der Waals surface area contributed by atoms with Crippen LogP contribution in [0, 0.1) is 5.92 Å². The summed E-state index contributed by atoms with van der Waals surface area (Å²) in [4.78, 5) is 10.8. The number of benzene rings is 1. The van der Waals surface area contributed by atoms with E-state index in [-0.39, 0.29) is 11.8 Å². The van der Waals surface area contributed by atoms with Crippen LogP contribution >= 0.6 is 0 Å². The maximum Gasteiger partial charge on any atom is 0.220 e. The number of primary amides is 1. The summed E-state index contributed by atoms with van der Waals surface area (Å²) in [5, 5.41) is 0. The highest BCUT2D eigenvalue weighted by Crippen LogP contribution is 2.15. The molecule has 0 heterocycles. The quantitative estimate of drug-likeness (QED) is 0.676. The van der Waals surface area contributed by atoms with Gasteiger partial charge in [0.15, 0.2) is 0 Å². The zero-order chi connectivity index (χ0) is 9.84. The molecule has 13 heavy (non-hydrogen) atoms. The van der Waals surface area contributed by atoms with E-state index < -0.39 is 0 Å². The second-order valence-corrected chi connectivity index (χ2v) is 3.21. The summed E-state index contributed by atoms with van der Waals surface area (Å²) in [6.45, 7) is 1.80. The van der Waals surface area contributed by atoms with Gasteiger partial charge in [-0.1, -0.05) is 25.1 Å². The van der Waals surface area contributed by atoms with E-state index in [4.69, 9.17) is 11.5 Å². The van der Waals surface area contributed by atoms with Gasteiger partial charge < -0.3 is 11.5 Å². The molecule has 0 aromatic heterocycles. The molecule has 3 heteroatoms. The predicted molar refractivity (Wildman–Crippen MR) is 52.9 cm³/mol. The summed E-state index contributed by atoms with van der Waals surface area (Å²) >= 11 is 0. The van der Waals surface area contributed by atoms with Crippen LogP contribution in [0.3, 0.4) is 0 Å². The molecule has 70 valence electrons. The Morgan fingerprint density at radius 3 is 2.62 bits per heavy atom. The van der Waals surface area contributed by atoms with Crippen molar-refractivity contribution in [3.8, 4) is 0 Å². The fraction of sp³-hybridized carbons (Fsp3) is 0.300. The SMILES string of the molecule is CC(Cc1ccccc1N)C(N)=O. The molecule has 1 aromatic carbocycles. The number of carbonyl (C=O) groups excluding carboxylic acids is 1. The lowest BCUT2D eigenvalue weighted by molar-refractivity contribution is -0.121. The van der Waals surface area contributed by atoms with Crippen molar-refractivity contribution in [1.82, 2.24) is 0 Å². The first-order valence-electron chi connectivity index (χ1n) is 4.24. The molecule has 3 nitrogen and oxygen atoms in total. The van der Waals surface area contributed by atoms with Crippen LogP contribution in [-0.4, -0.2) is 5.91 Å². The topological polar surface area (TPSA) is 69.1 Å². The van der Waals surface area contributed by atoms with Crippen LogP contribution in [0.2, 0.25) is 0 Å². The average Bonchev–Trinajstić information content (AvgIpc) is 2.08. The molecule has 1 atom stereocenters. The molecule has 1 amide bonds. The Morgan fingerprint density at radius 1 is 1.46 bits per heavy atom. The minimum atomic E-state index is -0.289. The van der Waals surface area contributed by atoms with Gasteiger partial charge in [0.2, 0.25) is 5.91 Å². The highest BCUT2D eigenvalue weighted by Gasteiger charge is 2.10. The van der Waals surface area contributed by atoms with Crippen LogP contribution < -0.4 is 11.5 Å². The summed E-state index contributed by atoms with van der Waals surface area (Å²) in [5.74, 6) is -0.451. The van der Waals surface area contributed by atoms with Gasteiger partial charge in [-0.15, -0.1) is 0 Å². The Morgan fingerprint density at radius 2 is 2.08 bits per heavy atom. The van der Waals surface area contributed by atoms with E-state index in [1.807, 2.05) is 24.3 Å². The zero-order valence-electron chi connectivity index (χ0n) is 7.66. The minimum absolute atomic E-state index is 0.162. The molecular formula is C10H14N2O. The maximum absolute atomic E-state index is 10.8. The third-order valence-corrected chi connectivity index (χ3v) is 2.07. The van der Waals surface area contributed by atoms with E-state index in [1.54, 1.807) is 6.92 Å². The molecule has 0 spiro atoms. The third-order valence-electron chi connectivity index (χ3n) is 2.07. The van der Waals surface area contributed by atoms with E-state index in [1.165, 1.54) is 0 Å². The van der Waals surface area contributed by atoms with Crippen molar-refractivity contribution >= 4 is 11.6 Å². The average molecular weight is 178 g/mol. The Labute approximate surface area is 77.7 Å². The van der Waals surface area contributed by atoms with E-state index in [0.29, 0.717) is 6.42 Å². The molecule has 0 aliphatic rings. The van der Waals surface area contributed by atoms with Crippen LogP contribution in [0.15, 0.2) is 24.3 Å².